The van der Waals surface area contributed by atoms with Gasteiger partial charge in [-0.1, -0.05) is 42.5 Å². The predicted octanol–water partition coefficient (Wildman–Crippen LogP) is 5.15. The van der Waals surface area contributed by atoms with Crippen LogP contribution in [-0.4, -0.2) is 28.4 Å². The zero-order valence-electron chi connectivity index (χ0n) is 16.0. The van der Waals surface area contributed by atoms with Crippen LogP contribution >= 0.6 is 0 Å². The Kier molecular flexibility index (Phi) is 6.05. The Morgan fingerprint density at radius 1 is 1.03 bits per heavy atom. The number of fused-ring (bicyclic) bond motifs is 1. The molecule has 2 aromatic carbocycles. The Labute approximate surface area is 170 Å². The van der Waals surface area contributed by atoms with Crippen LogP contribution < -0.4 is 0 Å². The topological polar surface area (TPSA) is 76.5 Å². The van der Waals surface area contributed by atoms with Crippen molar-refractivity contribution in [3.05, 3.63) is 59.8 Å². The van der Waals surface area contributed by atoms with Gasteiger partial charge in [-0.3, -0.25) is 9.59 Å². The smallest absolute Gasteiger partial charge is 0.420 e. The van der Waals surface area contributed by atoms with Gasteiger partial charge >= 0.3 is 12.1 Å². The quantitative estimate of drug-likeness (QED) is 0.443. The number of ketones is 1. The van der Waals surface area contributed by atoms with E-state index in [1.165, 1.54) is 18.2 Å². The number of ether oxygens (including phenoxy) is 1. The lowest BCUT2D eigenvalue weighted by molar-refractivity contribution is -0.143. The summed E-state index contributed by atoms with van der Waals surface area (Å²) in [5.41, 5.74) is -1.39. The van der Waals surface area contributed by atoms with Crippen molar-refractivity contribution in [2.45, 2.75) is 25.9 Å². The first kappa shape index (κ1) is 21.3. The third-order valence-corrected chi connectivity index (χ3v) is 4.48. The maximum Gasteiger partial charge on any atom is 0.420 e. The number of carbonyl (C=O) groups is 2. The number of pyridine rings is 1. The van der Waals surface area contributed by atoms with E-state index >= 15 is 0 Å². The lowest BCUT2D eigenvalue weighted by Gasteiger charge is -2.17. The average Bonchev–Trinajstić information content (AvgIpc) is 2.71. The number of esters is 1. The molecule has 3 aromatic rings. The van der Waals surface area contributed by atoms with Crippen molar-refractivity contribution < 1.29 is 32.6 Å². The van der Waals surface area contributed by atoms with Crippen LogP contribution in [0.4, 0.5) is 13.2 Å². The number of benzene rings is 2. The molecule has 0 radical (unpaired) electrons. The molecule has 3 rings (SSSR count). The molecule has 1 heterocycles. The Bertz CT molecular complexity index is 1090. The third-order valence-electron chi connectivity index (χ3n) is 4.48. The number of hydrogen-bond donors (Lipinski definition) is 1. The summed E-state index contributed by atoms with van der Waals surface area (Å²) < 4.78 is 46.6. The molecule has 30 heavy (non-hydrogen) atoms. The van der Waals surface area contributed by atoms with Crippen LogP contribution in [0.15, 0.2) is 48.5 Å². The largest absolute Gasteiger partial charge is 0.505 e. The Morgan fingerprint density at radius 3 is 2.37 bits per heavy atom. The minimum absolute atomic E-state index is 0.0824. The highest BCUT2D eigenvalue weighted by Crippen LogP contribution is 2.45. The van der Waals surface area contributed by atoms with Gasteiger partial charge < -0.3 is 9.84 Å². The highest BCUT2D eigenvalue weighted by molar-refractivity contribution is 6.05. The highest BCUT2D eigenvalue weighted by atomic mass is 19.4. The number of rotatable bonds is 6. The number of aromatic hydroxyl groups is 1. The second-order valence-corrected chi connectivity index (χ2v) is 6.48. The standard InChI is InChI=1S/C22H18F3NO4/c1-2-30-17(28)12-11-16(27)20-21(29)19(22(23,24)25)18-14(9-6-10-15(18)26-20)13-7-4-3-5-8-13/h3-10,29H,2,11-12H2,1H3. The third kappa shape index (κ3) is 4.27. The maximum absolute atomic E-state index is 14.0. The zero-order chi connectivity index (χ0) is 21.9. The summed E-state index contributed by atoms with van der Waals surface area (Å²) in [5.74, 6) is -2.78. The number of hydrogen-bond acceptors (Lipinski definition) is 5. The van der Waals surface area contributed by atoms with Crippen molar-refractivity contribution in [1.29, 1.82) is 0 Å². The van der Waals surface area contributed by atoms with Crippen molar-refractivity contribution in [1.82, 2.24) is 4.98 Å². The Morgan fingerprint density at radius 2 is 1.73 bits per heavy atom. The molecular weight excluding hydrogens is 399 g/mol. The fraction of sp³-hybridized carbons (Fsp3) is 0.227. The summed E-state index contributed by atoms with van der Waals surface area (Å²) in [5, 5.41) is 10.1. The van der Waals surface area contributed by atoms with Crippen LogP contribution in [-0.2, 0) is 15.7 Å². The number of aromatic nitrogens is 1. The molecule has 0 aliphatic heterocycles. The van der Waals surface area contributed by atoms with Crippen LogP contribution in [0.3, 0.4) is 0 Å². The normalized spacial score (nSPS) is 11.5. The first-order chi connectivity index (χ1) is 14.2. The summed E-state index contributed by atoms with van der Waals surface area (Å²) in [6, 6.07) is 12.8. The molecule has 0 saturated carbocycles. The van der Waals surface area contributed by atoms with Gasteiger partial charge in [0.15, 0.2) is 11.5 Å². The molecule has 0 aliphatic carbocycles. The SMILES string of the molecule is CCOC(=O)CCC(=O)c1nc2cccc(-c3ccccc3)c2c(C(F)(F)F)c1O. The molecule has 8 heteroatoms. The van der Waals surface area contributed by atoms with Crippen LogP contribution in [0.5, 0.6) is 5.75 Å². The Hall–Kier alpha value is -3.42. The fourth-order valence-electron chi connectivity index (χ4n) is 3.20. The number of halogens is 3. The minimum atomic E-state index is -4.94. The molecule has 156 valence electrons. The fourth-order valence-corrected chi connectivity index (χ4v) is 3.20. The van der Waals surface area contributed by atoms with Gasteiger partial charge in [0, 0.05) is 11.8 Å². The van der Waals surface area contributed by atoms with Crippen LogP contribution in [0.25, 0.3) is 22.0 Å². The van der Waals surface area contributed by atoms with Gasteiger partial charge in [-0.25, -0.2) is 4.98 Å². The van der Waals surface area contributed by atoms with Gasteiger partial charge in [-0.15, -0.1) is 0 Å². The van der Waals surface area contributed by atoms with Gasteiger partial charge in [0.25, 0.3) is 0 Å². The molecule has 5 nitrogen and oxygen atoms in total. The molecule has 0 amide bonds. The first-order valence-electron chi connectivity index (χ1n) is 9.21. The predicted molar refractivity (Wildman–Crippen MR) is 104 cm³/mol. The van der Waals surface area contributed by atoms with Crippen molar-refractivity contribution in [2.24, 2.45) is 0 Å². The summed E-state index contributed by atoms with van der Waals surface area (Å²) in [4.78, 5) is 27.9. The monoisotopic (exact) mass is 417 g/mol. The molecule has 1 aromatic heterocycles. The minimum Gasteiger partial charge on any atom is -0.505 e. The summed E-state index contributed by atoms with van der Waals surface area (Å²) in [7, 11) is 0. The van der Waals surface area contributed by atoms with E-state index in [4.69, 9.17) is 4.74 Å². The number of nitrogens with zero attached hydrogens (tertiary/aromatic N) is 1. The van der Waals surface area contributed by atoms with Crippen LogP contribution in [0.1, 0.15) is 35.8 Å². The van der Waals surface area contributed by atoms with Crippen molar-refractivity contribution in [3.8, 4) is 16.9 Å². The van der Waals surface area contributed by atoms with E-state index in [0.717, 1.165) is 0 Å². The summed E-state index contributed by atoms with van der Waals surface area (Å²) in [6.45, 7) is 1.71. The van der Waals surface area contributed by atoms with Gasteiger partial charge in [-0.05, 0) is 24.1 Å². The molecule has 0 aliphatic rings. The number of carbonyl (C=O) groups excluding carboxylic acids is 2. The van der Waals surface area contributed by atoms with E-state index in [0.29, 0.717) is 5.56 Å². The summed E-state index contributed by atoms with van der Waals surface area (Å²) >= 11 is 0. The summed E-state index contributed by atoms with van der Waals surface area (Å²) in [6.07, 6.45) is -5.69. The van der Waals surface area contributed by atoms with Gasteiger partial charge in [0.05, 0.1) is 18.5 Å². The lowest BCUT2D eigenvalue weighted by atomic mass is 9.94. The van der Waals surface area contributed by atoms with E-state index in [9.17, 15) is 27.9 Å². The van der Waals surface area contributed by atoms with Crippen LogP contribution in [0.2, 0.25) is 0 Å². The molecule has 0 fully saturated rings. The highest BCUT2D eigenvalue weighted by Gasteiger charge is 2.39. The van der Waals surface area contributed by atoms with E-state index < -0.39 is 41.4 Å². The second-order valence-electron chi connectivity index (χ2n) is 6.48. The molecule has 0 bridgehead atoms. The van der Waals surface area contributed by atoms with Crippen LogP contribution in [0, 0.1) is 0 Å². The van der Waals surface area contributed by atoms with Gasteiger partial charge in [0.2, 0.25) is 0 Å². The van der Waals surface area contributed by atoms with Crippen molar-refractivity contribution >= 4 is 22.7 Å². The molecular formula is C22H18F3NO4. The molecule has 0 spiro atoms. The molecule has 0 unspecified atom stereocenters. The first-order valence-corrected chi connectivity index (χ1v) is 9.21. The van der Waals surface area contributed by atoms with E-state index in [1.807, 2.05) is 0 Å². The van der Waals surface area contributed by atoms with E-state index in [1.54, 1.807) is 37.3 Å². The maximum atomic E-state index is 14.0. The lowest BCUT2D eigenvalue weighted by Crippen LogP contribution is -2.14. The number of alkyl halides is 3. The molecule has 0 atom stereocenters. The average molecular weight is 417 g/mol. The van der Waals surface area contributed by atoms with Gasteiger partial charge in [0.1, 0.15) is 11.3 Å². The Balaban J connectivity index is 2.18. The zero-order valence-corrected chi connectivity index (χ0v) is 16.0. The van der Waals surface area contributed by atoms with Crippen molar-refractivity contribution in [2.75, 3.05) is 6.61 Å². The number of Topliss-reactive ketones (excluding diaryl/α,β-unsaturated/α-hetero) is 1. The molecule has 0 saturated heterocycles. The molecule has 1 N–H and O–H groups in total. The van der Waals surface area contributed by atoms with Crippen molar-refractivity contribution in [3.63, 3.8) is 0 Å². The van der Waals surface area contributed by atoms with E-state index in [2.05, 4.69) is 4.98 Å². The van der Waals surface area contributed by atoms with E-state index in [-0.39, 0.29) is 29.5 Å². The second kappa shape index (κ2) is 8.52. The van der Waals surface area contributed by atoms with Gasteiger partial charge in [-0.2, -0.15) is 13.2 Å².